The molecule has 4 heteroatoms. The molecule has 0 fully saturated rings. The van der Waals surface area contributed by atoms with E-state index in [1.54, 1.807) is 25.3 Å². The lowest BCUT2D eigenvalue weighted by molar-refractivity contribution is 0.0697. The second kappa shape index (κ2) is 5.39. The molecule has 0 aliphatic carbocycles. The summed E-state index contributed by atoms with van der Waals surface area (Å²) >= 11 is 2.19. The van der Waals surface area contributed by atoms with Crippen LogP contribution in [0.4, 0.5) is 0 Å². The molecule has 0 atom stereocenters. The summed E-state index contributed by atoms with van der Waals surface area (Å²) in [6, 6.07) is 12.7. The van der Waals surface area contributed by atoms with Crippen molar-refractivity contribution in [3.05, 3.63) is 51.6 Å². The largest absolute Gasteiger partial charge is 0.497 e. The van der Waals surface area contributed by atoms with Gasteiger partial charge in [-0.1, -0.05) is 12.1 Å². The van der Waals surface area contributed by atoms with E-state index in [-0.39, 0.29) is 5.56 Å². The smallest absolute Gasteiger partial charge is 0.335 e. The van der Waals surface area contributed by atoms with E-state index in [4.69, 9.17) is 9.84 Å². The van der Waals surface area contributed by atoms with Crippen LogP contribution in [-0.4, -0.2) is 18.2 Å². The number of halogens is 1. The fourth-order valence-corrected chi connectivity index (χ4v) is 2.32. The molecular weight excluding hydrogens is 343 g/mol. The second-order valence-corrected chi connectivity index (χ2v) is 4.89. The molecule has 2 aromatic rings. The molecule has 0 radical (unpaired) electrons. The number of methoxy groups -OCH3 is 1. The molecule has 0 aliphatic heterocycles. The molecule has 2 aromatic carbocycles. The lowest BCUT2D eigenvalue weighted by Gasteiger charge is -2.08. The van der Waals surface area contributed by atoms with Crippen LogP contribution in [0.2, 0.25) is 0 Å². The summed E-state index contributed by atoms with van der Waals surface area (Å²) in [5.41, 5.74) is 2.13. The first-order chi connectivity index (χ1) is 8.61. The average molecular weight is 354 g/mol. The van der Waals surface area contributed by atoms with Crippen molar-refractivity contribution < 1.29 is 14.6 Å². The van der Waals surface area contributed by atoms with E-state index in [2.05, 4.69) is 22.6 Å². The number of carbonyl (C=O) groups is 1. The van der Waals surface area contributed by atoms with Gasteiger partial charge in [0.1, 0.15) is 5.75 Å². The van der Waals surface area contributed by atoms with E-state index in [9.17, 15) is 4.79 Å². The normalized spacial score (nSPS) is 10.1. The maximum atomic E-state index is 11.0. The van der Waals surface area contributed by atoms with E-state index >= 15 is 0 Å². The van der Waals surface area contributed by atoms with Gasteiger partial charge in [0.15, 0.2) is 0 Å². The summed E-state index contributed by atoms with van der Waals surface area (Å²) in [5.74, 6) is -0.167. The van der Waals surface area contributed by atoms with Gasteiger partial charge in [0.2, 0.25) is 0 Å². The Hall–Kier alpha value is -1.56. The van der Waals surface area contributed by atoms with Gasteiger partial charge >= 0.3 is 5.97 Å². The summed E-state index contributed by atoms with van der Waals surface area (Å²) in [6.07, 6.45) is 0. The standard InChI is InChI=1S/C14H11IO3/c1-18-11-4-2-3-9(7-11)12-8-10(14(16)17)5-6-13(12)15/h2-8H,1H3,(H,16,17). The van der Waals surface area contributed by atoms with Crippen molar-refractivity contribution in [1.82, 2.24) is 0 Å². The molecule has 0 saturated carbocycles. The van der Waals surface area contributed by atoms with E-state index < -0.39 is 5.97 Å². The number of benzene rings is 2. The minimum absolute atomic E-state index is 0.285. The Morgan fingerprint density at radius 1 is 1.22 bits per heavy atom. The minimum Gasteiger partial charge on any atom is -0.497 e. The summed E-state index contributed by atoms with van der Waals surface area (Å²) < 4.78 is 6.18. The number of hydrogen-bond acceptors (Lipinski definition) is 2. The molecule has 0 bridgehead atoms. The molecule has 1 N–H and O–H groups in total. The minimum atomic E-state index is -0.921. The molecule has 3 nitrogen and oxygen atoms in total. The van der Waals surface area contributed by atoms with Gasteiger partial charge in [0.25, 0.3) is 0 Å². The third kappa shape index (κ3) is 2.64. The number of carboxylic acid groups (broad SMARTS) is 1. The van der Waals surface area contributed by atoms with Crippen molar-refractivity contribution >= 4 is 28.6 Å². The van der Waals surface area contributed by atoms with Gasteiger partial charge in [-0.3, -0.25) is 0 Å². The van der Waals surface area contributed by atoms with E-state index in [1.165, 1.54) is 0 Å². The van der Waals surface area contributed by atoms with Crippen LogP contribution >= 0.6 is 22.6 Å². The SMILES string of the molecule is COc1cccc(-c2cc(C(=O)O)ccc2I)c1. The van der Waals surface area contributed by atoms with Gasteiger partial charge in [-0.25, -0.2) is 4.79 Å². The van der Waals surface area contributed by atoms with Crippen LogP contribution in [0.5, 0.6) is 5.75 Å². The van der Waals surface area contributed by atoms with Crippen molar-refractivity contribution in [1.29, 1.82) is 0 Å². The van der Waals surface area contributed by atoms with E-state index in [0.29, 0.717) is 0 Å². The topological polar surface area (TPSA) is 46.5 Å². The van der Waals surface area contributed by atoms with Crippen LogP contribution in [0.15, 0.2) is 42.5 Å². The molecule has 2 rings (SSSR count). The number of hydrogen-bond donors (Lipinski definition) is 1. The molecule has 0 aliphatic rings. The van der Waals surface area contributed by atoms with Crippen molar-refractivity contribution in [3.63, 3.8) is 0 Å². The van der Waals surface area contributed by atoms with Gasteiger partial charge in [0, 0.05) is 3.57 Å². The number of rotatable bonds is 3. The fourth-order valence-electron chi connectivity index (χ4n) is 1.67. The summed E-state index contributed by atoms with van der Waals surface area (Å²) in [4.78, 5) is 11.0. The van der Waals surface area contributed by atoms with Crippen LogP contribution in [0.1, 0.15) is 10.4 Å². The quantitative estimate of drug-likeness (QED) is 0.856. The number of ether oxygens (including phenoxy) is 1. The first-order valence-corrected chi connectivity index (χ1v) is 6.37. The molecule has 18 heavy (non-hydrogen) atoms. The van der Waals surface area contributed by atoms with Crippen molar-refractivity contribution in [2.24, 2.45) is 0 Å². The zero-order valence-electron chi connectivity index (χ0n) is 9.68. The summed E-state index contributed by atoms with van der Waals surface area (Å²) in [7, 11) is 1.61. The number of carboxylic acids is 1. The van der Waals surface area contributed by atoms with Crippen LogP contribution in [-0.2, 0) is 0 Å². The van der Waals surface area contributed by atoms with Crippen molar-refractivity contribution in [3.8, 4) is 16.9 Å². The Morgan fingerprint density at radius 2 is 2.00 bits per heavy atom. The lowest BCUT2D eigenvalue weighted by Crippen LogP contribution is -1.97. The monoisotopic (exact) mass is 354 g/mol. The van der Waals surface area contributed by atoms with Crippen LogP contribution < -0.4 is 4.74 Å². The summed E-state index contributed by atoms with van der Waals surface area (Å²) in [5, 5.41) is 9.02. The van der Waals surface area contributed by atoms with Crippen LogP contribution in [0.3, 0.4) is 0 Å². The van der Waals surface area contributed by atoms with Crippen LogP contribution in [0.25, 0.3) is 11.1 Å². The Balaban J connectivity index is 2.54. The highest BCUT2D eigenvalue weighted by molar-refractivity contribution is 14.1. The predicted octanol–water partition coefficient (Wildman–Crippen LogP) is 3.67. The molecule has 0 saturated heterocycles. The molecule has 0 unspecified atom stereocenters. The van der Waals surface area contributed by atoms with Crippen LogP contribution in [0, 0.1) is 3.57 Å². The molecular formula is C14H11IO3. The van der Waals surface area contributed by atoms with E-state index in [1.807, 2.05) is 24.3 Å². The second-order valence-electron chi connectivity index (χ2n) is 3.73. The Morgan fingerprint density at radius 3 is 2.67 bits per heavy atom. The highest BCUT2D eigenvalue weighted by atomic mass is 127. The summed E-state index contributed by atoms with van der Waals surface area (Å²) in [6.45, 7) is 0. The average Bonchev–Trinajstić information content (AvgIpc) is 2.39. The third-order valence-electron chi connectivity index (χ3n) is 2.59. The zero-order valence-corrected chi connectivity index (χ0v) is 11.8. The lowest BCUT2D eigenvalue weighted by atomic mass is 10.0. The Kier molecular flexibility index (Phi) is 3.86. The first-order valence-electron chi connectivity index (χ1n) is 5.29. The third-order valence-corrected chi connectivity index (χ3v) is 3.53. The highest BCUT2D eigenvalue weighted by Gasteiger charge is 2.09. The van der Waals surface area contributed by atoms with E-state index in [0.717, 1.165) is 20.4 Å². The first kappa shape index (κ1) is 12.9. The molecule has 0 aromatic heterocycles. The van der Waals surface area contributed by atoms with Gasteiger partial charge in [0.05, 0.1) is 12.7 Å². The molecule has 0 spiro atoms. The maximum absolute atomic E-state index is 11.0. The Bertz CT molecular complexity index is 593. The molecule has 0 amide bonds. The van der Waals surface area contributed by atoms with Gasteiger partial charge in [-0.15, -0.1) is 0 Å². The molecule has 0 heterocycles. The van der Waals surface area contributed by atoms with Gasteiger partial charge in [-0.2, -0.15) is 0 Å². The molecule has 92 valence electrons. The Labute approximate surface area is 119 Å². The number of aromatic carboxylic acids is 1. The van der Waals surface area contributed by atoms with Gasteiger partial charge < -0.3 is 9.84 Å². The maximum Gasteiger partial charge on any atom is 0.335 e. The highest BCUT2D eigenvalue weighted by Crippen LogP contribution is 2.29. The van der Waals surface area contributed by atoms with Gasteiger partial charge in [-0.05, 0) is 64.0 Å². The zero-order chi connectivity index (χ0) is 13.1. The van der Waals surface area contributed by atoms with Crippen molar-refractivity contribution in [2.75, 3.05) is 7.11 Å². The predicted molar refractivity (Wildman–Crippen MR) is 78.1 cm³/mol. The van der Waals surface area contributed by atoms with Crippen molar-refractivity contribution in [2.45, 2.75) is 0 Å². The fraction of sp³-hybridized carbons (Fsp3) is 0.0714.